The number of nitrogens with zero attached hydrogens (tertiary/aromatic N) is 3. The SMILES string of the molecule is CC1CN(CC(=O)Nc2ccc(C#N)cc2)CCN1C. The number of nitrogens with one attached hydrogen (secondary N) is 1. The first kappa shape index (κ1) is 14.5. The van der Waals surface area contributed by atoms with E-state index in [1.54, 1.807) is 24.3 Å². The summed E-state index contributed by atoms with van der Waals surface area (Å²) in [4.78, 5) is 16.5. The van der Waals surface area contributed by atoms with E-state index in [0.29, 0.717) is 18.2 Å². The Morgan fingerprint density at radius 1 is 1.40 bits per heavy atom. The first-order valence-corrected chi connectivity index (χ1v) is 6.81. The van der Waals surface area contributed by atoms with Crippen LogP contribution >= 0.6 is 0 Å². The van der Waals surface area contributed by atoms with Crippen molar-refractivity contribution in [3.8, 4) is 6.07 Å². The lowest BCUT2D eigenvalue weighted by Crippen LogP contribution is -2.51. The Morgan fingerprint density at radius 2 is 2.10 bits per heavy atom. The van der Waals surface area contributed by atoms with Gasteiger partial charge < -0.3 is 10.2 Å². The summed E-state index contributed by atoms with van der Waals surface area (Å²) in [7, 11) is 2.11. The number of amides is 1. The van der Waals surface area contributed by atoms with Gasteiger partial charge in [-0.1, -0.05) is 0 Å². The normalized spacial score (nSPS) is 20.4. The highest BCUT2D eigenvalue weighted by Crippen LogP contribution is 2.10. The van der Waals surface area contributed by atoms with Crippen molar-refractivity contribution in [2.75, 3.05) is 38.5 Å². The highest BCUT2D eigenvalue weighted by atomic mass is 16.2. The number of hydrogen-bond acceptors (Lipinski definition) is 4. The zero-order valence-electron chi connectivity index (χ0n) is 12.0. The van der Waals surface area contributed by atoms with Gasteiger partial charge in [0.1, 0.15) is 0 Å². The summed E-state index contributed by atoms with van der Waals surface area (Å²) >= 11 is 0. The fraction of sp³-hybridized carbons (Fsp3) is 0.467. The lowest BCUT2D eigenvalue weighted by molar-refractivity contribution is -0.117. The van der Waals surface area contributed by atoms with Gasteiger partial charge in [0.15, 0.2) is 0 Å². The second-order valence-electron chi connectivity index (χ2n) is 5.30. The van der Waals surface area contributed by atoms with Gasteiger partial charge in [0, 0.05) is 31.4 Å². The van der Waals surface area contributed by atoms with Crippen molar-refractivity contribution in [1.29, 1.82) is 5.26 Å². The molecule has 1 amide bonds. The third kappa shape index (κ3) is 3.80. The first-order valence-electron chi connectivity index (χ1n) is 6.81. The van der Waals surface area contributed by atoms with E-state index in [4.69, 9.17) is 5.26 Å². The maximum absolute atomic E-state index is 12.0. The minimum Gasteiger partial charge on any atom is -0.325 e. The highest BCUT2D eigenvalue weighted by molar-refractivity contribution is 5.92. The number of likely N-dealkylation sites (N-methyl/N-ethyl adjacent to an activating group) is 1. The molecule has 106 valence electrons. The number of rotatable bonds is 3. The van der Waals surface area contributed by atoms with Crippen molar-refractivity contribution in [2.24, 2.45) is 0 Å². The fourth-order valence-corrected chi connectivity index (χ4v) is 2.30. The first-order chi connectivity index (χ1) is 9.58. The molecule has 0 radical (unpaired) electrons. The average molecular weight is 272 g/mol. The summed E-state index contributed by atoms with van der Waals surface area (Å²) in [6, 6.07) is 9.44. The maximum Gasteiger partial charge on any atom is 0.238 e. The van der Waals surface area contributed by atoms with Gasteiger partial charge in [0.25, 0.3) is 0 Å². The zero-order valence-corrected chi connectivity index (χ0v) is 12.0. The van der Waals surface area contributed by atoms with Gasteiger partial charge in [-0.3, -0.25) is 9.69 Å². The van der Waals surface area contributed by atoms with Crippen LogP contribution in [-0.2, 0) is 4.79 Å². The van der Waals surface area contributed by atoms with Crippen molar-refractivity contribution < 1.29 is 4.79 Å². The van der Waals surface area contributed by atoms with Crippen LogP contribution in [0.25, 0.3) is 0 Å². The third-order valence-electron chi connectivity index (χ3n) is 3.71. The zero-order chi connectivity index (χ0) is 14.5. The van der Waals surface area contributed by atoms with Crippen molar-refractivity contribution in [3.05, 3.63) is 29.8 Å². The molecule has 1 atom stereocenters. The molecule has 1 N–H and O–H groups in total. The summed E-state index contributed by atoms with van der Waals surface area (Å²) in [6.45, 7) is 5.41. The molecule has 0 saturated carbocycles. The van der Waals surface area contributed by atoms with Crippen molar-refractivity contribution in [3.63, 3.8) is 0 Å². The Kier molecular flexibility index (Phi) is 4.72. The highest BCUT2D eigenvalue weighted by Gasteiger charge is 2.22. The molecule has 5 nitrogen and oxygen atoms in total. The van der Waals surface area contributed by atoms with E-state index in [1.807, 2.05) is 0 Å². The van der Waals surface area contributed by atoms with Gasteiger partial charge in [-0.15, -0.1) is 0 Å². The van der Waals surface area contributed by atoms with Crippen LogP contribution in [0.1, 0.15) is 12.5 Å². The summed E-state index contributed by atoms with van der Waals surface area (Å²) < 4.78 is 0. The number of anilines is 1. The van der Waals surface area contributed by atoms with Crippen LogP contribution in [0.3, 0.4) is 0 Å². The molecular weight excluding hydrogens is 252 g/mol. The average Bonchev–Trinajstić information content (AvgIpc) is 2.44. The lowest BCUT2D eigenvalue weighted by atomic mass is 10.2. The Bertz CT molecular complexity index is 506. The number of piperazine rings is 1. The van der Waals surface area contributed by atoms with Crippen LogP contribution in [-0.4, -0.2) is 55.0 Å². The quantitative estimate of drug-likeness (QED) is 0.896. The van der Waals surface area contributed by atoms with Gasteiger partial charge in [0.2, 0.25) is 5.91 Å². The largest absolute Gasteiger partial charge is 0.325 e. The molecule has 1 saturated heterocycles. The van der Waals surface area contributed by atoms with E-state index < -0.39 is 0 Å². The molecule has 1 aromatic rings. The number of benzene rings is 1. The van der Waals surface area contributed by atoms with Crippen molar-refractivity contribution >= 4 is 11.6 Å². The van der Waals surface area contributed by atoms with Gasteiger partial charge in [-0.2, -0.15) is 5.26 Å². The number of hydrogen-bond donors (Lipinski definition) is 1. The summed E-state index contributed by atoms with van der Waals surface area (Å²) in [5.41, 5.74) is 1.33. The van der Waals surface area contributed by atoms with Crippen LogP contribution in [0.2, 0.25) is 0 Å². The minimum absolute atomic E-state index is 0.00791. The second-order valence-corrected chi connectivity index (χ2v) is 5.30. The third-order valence-corrected chi connectivity index (χ3v) is 3.71. The molecule has 1 aliphatic heterocycles. The predicted molar refractivity (Wildman–Crippen MR) is 78.3 cm³/mol. The molecule has 2 rings (SSSR count). The van der Waals surface area contributed by atoms with Crippen LogP contribution in [0.5, 0.6) is 0 Å². The molecular formula is C15H20N4O. The molecule has 1 aliphatic rings. The second kappa shape index (κ2) is 6.51. The lowest BCUT2D eigenvalue weighted by Gasteiger charge is -2.37. The Morgan fingerprint density at radius 3 is 2.70 bits per heavy atom. The number of carbonyl (C=O) groups excluding carboxylic acids is 1. The minimum atomic E-state index is -0.00791. The Labute approximate surface area is 119 Å². The summed E-state index contributed by atoms with van der Waals surface area (Å²) in [5.74, 6) is -0.00791. The molecule has 1 heterocycles. The van der Waals surface area contributed by atoms with Crippen LogP contribution < -0.4 is 5.32 Å². The fourth-order valence-electron chi connectivity index (χ4n) is 2.30. The van der Waals surface area contributed by atoms with Crippen LogP contribution in [0.15, 0.2) is 24.3 Å². The van der Waals surface area contributed by atoms with Gasteiger partial charge >= 0.3 is 0 Å². The Hall–Kier alpha value is -1.90. The van der Waals surface area contributed by atoms with E-state index in [2.05, 4.69) is 35.2 Å². The maximum atomic E-state index is 12.0. The molecule has 20 heavy (non-hydrogen) atoms. The standard InChI is InChI=1S/C15H20N4O/c1-12-10-19(8-7-18(12)2)11-15(20)17-14-5-3-13(9-16)4-6-14/h3-6,12H,7-8,10-11H2,1-2H3,(H,17,20). The van der Waals surface area contributed by atoms with Crippen LogP contribution in [0.4, 0.5) is 5.69 Å². The monoisotopic (exact) mass is 272 g/mol. The molecule has 0 aromatic heterocycles. The van der Waals surface area contributed by atoms with E-state index in [-0.39, 0.29) is 5.91 Å². The topological polar surface area (TPSA) is 59.4 Å². The van der Waals surface area contributed by atoms with E-state index in [0.717, 1.165) is 25.3 Å². The van der Waals surface area contributed by atoms with E-state index >= 15 is 0 Å². The molecule has 1 unspecified atom stereocenters. The van der Waals surface area contributed by atoms with Crippen LogP contribution in [0, 0.1) is 11.3 Å². The molecule has 0 spiro atoms. The molecule has 1 fully saturated rings. The van der Waals surface area contributed by atoms with Gasteiger partial charge in [-0.25, -0.2) is 0 Å². The smallest absolute Gasteiger partial charge is 0.238 e. The molecule has 0 bridgehead atoms. The molecule has 0 aliphatic carbocycles. The van der Waals surface area contributed by atoms with Crippen molar-refractivity contribution in [1.82, 2.24) is 9.80 Å². The number of nitriles is 1. The summed E-state index contributed by atoms with van der Waals surface area (Å²) in [5, 5.41) is 11.6. The Balaban J connectivity index is 1.84. The van der Waals surface area contributed by atoms with Gasteiger partial charge in [0.05, 0.1) is 18.2 Å². The molecule has 1 aromatic carbocycles. The van der Waals surface area contributed by atoms with E-state index in [1.165, 1.54) is 0 Å². The molecule has 5 heteroatoms. The van der Waals surface area contributed by atoms with E-state index in [9.17, 15) is 4.79 Å². The predicted octanol–water partition coefficient (Wildman–Crippen LogP) is 1.13. The van der Waals surface area contributed by atoms with Gasteiger partial charge in [-0.05, 0) is 38.2 Å². The van der Waals surface area contributed by atoms with Crippen molar-refractivity contribution in [2.45, 2.75) is 13.0 Å². The number of carbonyl (C=O) groups is 1. The summed E-state index contributed by atoms with van der Waals surface area (Å²) in [6.07, 6.45) is 0.